The van der Waals surface area contributed by atoms with Crippen LogP contribution < -0.4 is 5.32 Å². The number of sulfonamides is 1. The second-order valence-electron chi connectivity index (χ2n) is 7.00. The minimum atomic E-state index is -3.65. The molecule has 1 unspecified atom stereocenters. The Balaban J connectivity index is 2.35. The predicted molar refractivity (Wildman–Crippen MR) is 108 cm³/mol. The summed E-state index contributed by atoms with van der Waals surface area (Å²) in [6, 6.07) is 13.7. The summed E-state index contributed by atoms with van der Waals surface area (Å²) in [6.45, 7) is 4.17. The van der Waals surface area contributed by atoms with Crippen LogP contribution in [0.2, 0.25) is 5.02 Å². The van der Waals surface area contributed by atoms with Crippen molar-refractivity contribution in [2.24, 2.45) is 5.92 Å². The van der Waals surface area contributed by atoms with E-state index in [4.69, 9.17) is 11.6 Å². The van der Waals surface area contributed by atoms with Gasteiger partial charge in [0, 0.05) is 14.1 Å². The van der Waals surface area contributed by atoms with Crippen molar-refractivity contribution in [3.8, 4) is 0 Å². The number of nitrogens with one attached hydrogen (secondary N) is 1. The third-order valence-electron chi connectivity index (χ3n) is 4.18. The Morgan fingerprint density at radius 1 is 1.11 bits per heavy atom. The van der Waals surface area contributed by atoms with Crippen molar-refractivity contribution >= 4 is 27.5 Å². The van der Waals surface area contributed by atoms with Crippen LogP contribution in [-0.4, -0.2) is 32.7 Å². The van der Waals surface area contributed by atoms with Gasteiger partial charge in [-0.05, 0) is 36.1 Å². The van der Waals surface area contributed by atoms with Gasteiger partial charge in [0.2, 0.25) is 10.0 Å². The number of carbonyl (C=O) groups is 1. The number of rotatable bonds is 7. The smallest absolute Gasteiger partial charge is 0.253 e. The molecule has 2 rings (SSSR count). The lowest BCUT2D eigenvalue weighted by Gasteiger charge is -2.22. The Bertz CT molecular complexity index is 897. The Morgan fingerprint density at radius 2 is 1.74 bits per heavy atom. The second-order valence-corrected chi connectivity index (χ2v) is 9.55. The SMILES string of the molecule is CC(C)CC(NC(=O)c1cc(S(=O)(=O)N(C)C)ccc1Cl)c1ccccc1. The van der Waals surface area contributed by atoms with Gasteiger partial charge < -0.3 is 5.32 Å². The predicted octanol–water partition coefficient (Wildman–Crippen LogP) is 4.11. The number of amides is 1. The molecule has 0 saturated heterocycles. The average Bonchev–Trinajstić information content (AvgIpc) is 2.61. The van der Waals surface area contributed by atoms with E-state index in [1.165, 1.54) is 32.3 Å². The first kappa shape index (κ1) is 21.4. The van der Waals surface area contributed by atoms with Crippen LogP contribution in [0.3, 0.4) is 0 Å². The molecule has 1 atom stereocenters. The molecule has 0 aliphatic rings. The van der Waals surface area contributed by atoms with E-state index >= 15 is 0 Å². The highest BCUT2D eigenvalue weighted by Crippen LogP contribution is 2.25. The molecule has 0 aliphatic heterocycles. The molecule has 0 spiro atoms. The van der Waals surface area contributed by atoms with Crippen LogP contribution >= 0.6 is 11.6 Å². The first-order valence-corrected chi connectivity index (χ1v) is 10.5. The third-order valence-corrected chi connectivity index (χ3v) is 6.32. The van der Waals surface area contributed by atoms with Crippen LogP contribution in [0.1, 0.15) is 42.2 Å². The van der Waals surface area contributed by atoms with Gasteiger partial charge in [-0.1, -0.05) is 55.8 Å². The molecule has 27 heavy (non-hydrogen) atoms. The van der Waals surface area contributed by atoms with Crippen LogP contribution in [0.25, 0.3) is 0 Å². The lowest BCUT2D eigenvalue weighted by atomic mass is 9.96. The molecule has 0 fully saturated rings. The maximum absolute atomic E-state index is 12.9. The van der Waals surface area contributed by atoms with E-state index in [1.54, 1.807) is 0 Å². The monoisotopic (exact) mass is 408 g/mol. The first-order valence-electron chi connectivity index (χ1n) is 8.70. The molecule has 0 aliphatic carbocycles. The largest absolute Gasteiger partial charge is 0.345 e. The van der Waals surface area contributed by atoms with E-state index < -0.39 is 15.9 Å². The minimum Gasteiger partial charge on any atom is -0.345 e. The highest BCUT2D eigenvalue weighted by atomic mass is 35.5. The quantitative estimate of drug-likeness (QED) is 0.749. The summed E-state index contributed by atoms with van der Waals surface area (Å²) in [6.07, 6.45) is 0.753. The van der Waals surface area contributed by atoms with Crippen molar-refractivity contribution < 1.29 is 13.2 Å². The maximum Gasteiger partial charge on any atom is 0.253 e. The molecule has 0 heterocycles. The van der Waals surface area contributed by atoms with Crippen molar-refractivity contribution in [1.29, 1.82) is 0 Å². The Labute approximate surface area is 166 Å². The van der Waals surface area contributed by atoms with Crippen LogP contribution in [0.4, 0.5) is 0 Å². The highest BCUT2D eigenvalue weighted by molar-refractivity contribution is 7.89. The number of benzene rings is 2. The maximum atomic E-state index is 12.9. The Kier molecular flexibility index (Phi) is 7.03. The summed E-state index contributed by atoms with van der Waals surface area (Å²) in [5.74, 6) is -0.0308. The summed E-state index contributed by atoms with van der Waals surface area (Å²) in [5, 5.41) is 3.21. The first-order chi connectivity index (χ1) is 12.6. The number of hydrogen-bond acceptors (Lipinski definition) is 3. The van der Waals surface area contributed by atoms with E-state index in [9.17, 15) is 13.2 Å². The molecule has 7 heteroatoms. The highest BCUT2D eigenvalue weighted by Gasteiger charge is 2.23. The van der Waals surface area contributed by atoms with Crippen LogP contribution in [0.15, 0.2) is 53.4 Å². The molecule has 1 N–H and O–H groups in total. The molecular weight excluding hydrogens is 384 g/mol. The van der Waals surface area contributed by atoms with Gasteiger partial charge >= 0.3 is 0 Å². The van der Waals surface area contributed by atoms with E-state index in [-0.39, 0.29) is 21.5 Å². The van der Waals surface area contributed by atoms with Gasteiger partial charge in [0.15, 0.2) is 0 Å². The topological polar surface area (TPSA) is 66.5 Å². The Hall–Kier alpha value is -1.89. The van der Waals surface area contributed by atoms with E-state index in [0.717, 1.165) is 16.3 Å². The van der Waals surface area contributed by atoms with Gasteiger partial charge in [-0.15, -0.1) is 0 Å². The molecule has 1 amide bonds. The van der Waals surface area contributed by atoms with Crippen molar-refractivity contribution in [2.75, 3.05) is 14.1 Å². The van der Waals surface area contributed by atoms with Gasteiger partial charge in [0.1, 0.15) is 0 Å². The fraction of sp³-hybridized carbons (Fsp3) is 0.350. The zero-order valence-electron chi connectivity index (χ0n) is 15.9. The summed E-state index contributed by atoms with van der Waals surface area (Å²) in [5.41, 5.74) is 1.14. The summed E-state index contributed by atoms with van der Waals surface area (Å²) in [7, 11) is -0.770. The number of hydrogen-bond donors (Lipinski definition) is 1. The van der Waals surface area contributed by atoms with Crippen LogP contribution in [0, 0.1) is 5.92 Å². The second kappa shape index (κ2) is 8.87. The van der Waals surface area contributed by atoms with Crippen molar-refractivity contribution in [1.82, 2.24) is 9.62 Å². The molecular formula is C20H25ClN2O3S. The standard InChI is InChI=1S/C20H25ClN2O3S/c1-14(2)12-19(15-8-6-5-7-9-15)22-20(24)17-13-16(10-11-18(17)21)27(25,26)23(3)4/h5-11,13-14,19H,12H2,1-4H3,(H,22,24). The van der Waals surface area contributed by atoms with Gasteiger partial charge in [-0.2, -0.15) is 0 Å². The molecule has 146 valence electrons. The molecule has 5 nitrogen and oxygen atoms in total. The zero-order chi connectivity index (χ0) is 20.2. The normalized spacial score (nSPS) is 13.0. The van der Waals surface area contributed by atoms with Crippen LogP contribution in [-0.2, 0) is 10.0 Å². The molecule has 0 aromatic heterocycles. The van der Waals surface area contributed by atoms with Crippen molar-refractivity contribution in [3.63, 3.8) is 0 Å². The lowest BCUT2D eigenvalue weighted by molar-refractivity contribution is 0.0932. The average molecular weight is 409 g/mol. The van der Waals surface area contributed by atoms with Gasteiger partial charge in [-0.3, -0.25) is 4.79 Å². The number of nitrogens with zero attached hydrogens (tertiary/aromatic N) is 1. The molecule has 2 aromatic carbocycles. The zero-order valence-corrected chi connectivity index (χ0v) is 17.5. The fourth-order valence-corrected chi connectivity index (χ4v) is 3.85. The van der Waals surface area contributed by atoms with Crippen LogP contribution in [0.5, 0.6) is 0 Å². The van der Waals surface area contributed by atoms with E-state index in [1.807, 2.05) is 30.3 Å². The van der Waals surface area contributed by atoms with Crippen molar-refractivity contribution in [2.45, 2.75) is 31.2 Å². The summed E-state index contributed by atoms with van der Waals surface area (Å²) < 4.78 is 25.8. The number of halogens is 1. The van der Waals surface area contributed by atoms with E-state index in [2.05, 4.69) is 19.2 Å². The Morgan fingerprint density at radius 3 is 2.30 bits per heavy atom. The molecule has 0 radical (unpaired) electrons. The van der Waals surface area contributed by atoms with Gasteiger partial charge in [0.25, 0.3) is 5.91 Å². The van der Waals surface area contributed by atoms with Gasteiger partial charge in [-0.25, -0.2) is 12.7 Å². The fourth-order valence-electron chi connectivity index (χ4n) is 2.72. The number of carbonyl (C=O) groups excluding carboxylic acids is 1. The van der Waals surface area contributed by atoms with Crippen molar-refractivity contribution in [3.05, 3.63) is 64.7 Å². The summed E-state index contributed by atoms with van der Waals surface area (Å²) >= 11 is 6.19. The molecule has 0 saturated carbocycles. The molecule has 0 bridgehead atoms. The lowest BCUT2D eigenvalue weighted by Crippen LogP contribution is -2.30. The summed E-state index contributed by atoms with van der Waals surface area (Å²) in [4.78, 5) is 12.9. The van der Waals surface area contributed by atoms with E-state index in [0.29, 0.717) is 5.92 Å². The van der Waals surface area contributed by atoms with Gasteiger partial charge in [0.05, 0.1) is 21.5 Å². The minimum absolute atomic E-state index is 0.0298. The third kappa shape index (κ3) is 5.31. The molecule has 2 aromatic rings.